The normalized spacial score (nSPS) is 17.2. The Bertz CT molecular complexity index is 647. The maximum absolute atomic E-state index is 12.3. The quantitative estimate of drug-likeness (QED) is 0.760. The fraction of sp³-hybridized carbons (Fsp3) is 0.667. The lowest BCUT2D eigenvalue weighted by atomic mass is 10.2. The van der Waals surface area contributed by atoms with Gasteiger partial charge in [-0.15, -0.1) is 0 Å². The predicted molar refractivity (Wildman–Crippen MR) is 84.9 cm³/mol. The minimum Gasteiger partial charge on any atom is -0.340 e. The van der Waals surface area contributed by atoms with Crippen LogP contribution in [0.1, 0.15) is 38.0 Å². The molecular formula is C15H23N7O2. The minimum absolute atomic E-state index is 0.0743. The van der Waals surface area contributed by atoms with Crippen molar-refractivity contribution in [2.24, 2.45) is 0 Å². The highest BCUT2D eigenvalue weighted by molar-refractivity contribution is 5.76. The number of rotatable bonds is 6. The first-order chi connectivity index (χ1) is 11.7. The number of hydrogen-bond donors (Lipinski definition) is 0. The molecule has 1 fully saturated rings. The summed E-state index contributed by atoms with van der Waals surface area (Å²) < 4.78 is 7.00. The summed E-state index contributed by atoms with van der Waals surface area (Å²) in [6.45, 7) is 7.68. The van der Waals surface area contributed by atoms with Crippen molar-refractivity contribution in [1.29, 1.82) is 0 Å². The van der Waals surface area contributed by atoms with E-state index >= 15 is 0 Å². The molecule has 1 aliphatic rings. The van der Waals surface area contributed by atoms with Gasteiger partial charge in [0, 0.05) is 39.0 Å². The summed E-state index contributed by atoms with van der Waals surface area (Å²) in [4.78, 5) is 24.7. The van der Waals surface area contributed by atoms with Crippen LogP contribution in [0.15, 0.2) is 17.2 Å². The number of piperazine rings is 1. The number of amides is 1. The molecule has 0 spiro atoms. The second kappa shape index (κ2) is 7.52. The first-order valence-electron chi connectivity index (χ1n) is 8.34. The Morgan fingerprint density at radius 1 is 1.33 bits per heavy atom. The third kappa shape index (κ3) is 3.78. The zero-order chi connectivity index (χ0) is 16.9. The molecule has 0 aromatic carbocycles. The molecule has 0 bridgehead atoms. The number of hydrogen-bond acceptors (Lipinski definition) is 7. The van der Waals surface area contributed by atoms with Crippen LogP contribution in [0.25, 0.3) is 0 Å². The molecule has 9 heteroatoms. The first-order valence-corrected chi connectivity index (χ1v) is 8.34. The Morgan fingerprint density at radius 2 is 2.12 bits per heavy atom. The van der Waals surface area contributed by atoms with Gasteiger partial charge < -0.3 is 9.42 Å². The van der Waals surface area contributed by atoms with Crippen molar-refractivity contribution in [2.45, 2.75) is 39.3 Å². The van der Waals surface area contributed by atoms with Gasteiger partial charge in [0.15, 0.2) is 5.82 Å². The van der Waals surface area contributed by atoms with Gasteiger partial charge in [0.1, 0.15) is 12.7 Å². The van der Waals surface area contributed by atoms with Crippen molar-refractivity contribution >= 4 is 5.91 Å². The van der Waals surface area contributed by atoms with E-state index in [1.54, 1.807) is 11.0 Å². The summed E-state index contributed by atoms with van der Waals surface area (Å²) in [6.07, 6.45) is 4.32. The summed E-state index contributed by atoms with van der Waals surface area (Å²) in [5.41, 5.74) is 0. The maximum atomic E-state index is 12.3. The van der Waals surface area contributed by atoms with Gasteiger partial charge >= 0.3 is 0 Å². The van der Waals surface area contributed by atoms with Gasteiger partial charge in [0.25, 0.3) is 0 Å². The molecule has 130 valence electrons. The second-order valence-corrected chi connectivity index (χ2v) is 5.90. The highest BCUT2D eigenvalue weighted by Crippen LogP contribution is 2.20. The molecule has 0 aliphatic carbocycles. The topological polar surface area (TPSA) is 93.2 Å². The Kier molecular flexibility index (Phi) is 5.19. The van der Waals surface area contributed by atoms with Crippen LogP contribution in [-0.2, 0) is 17.8 Å². The summed E-state index contributed by atoms with van der Waals surface area (Å²) in [6, 6.07) is 0.0743. The molecule has 24 heavy (non-hydrogen) atoms. The lowest BCUT2D eigenvalue weighted by Crippen LogP contribution is -2.49. The Balaban J connectivity index is 1.47. The fourth-order valence-electron chi connectivity index (χ4n) is 2.81. The van der Waals surface area contributed by atoms with Crippen molar-refractivity contribution in [3.63, 3.8) is 0 Å². The van der Waals surface area contributed by atoms with E-state index in [0.29, 0.717) is 18.9 Å². The van der Waals surface area contributed by atoms with E-state index in [0.717, 1.165) is 38.4 Å². The third-order valence-electron chi connectivity index (χ3n) is 4.39. The van der Waals surface area contributed by atoms with Gasteiger partial charge in [0.05, 0.1) is 12.6 Å². The number of aromatic nitrogens is 5. The van der Waals surface area contributed by atoms with E-state index in [9.17, 15) is 4.79 Å². The molecule has 3 rings (SSSR count). The van der Waals surface area contributed by atoms with Gasteiger partial charge in [-0.25, -0.2) is 4.98 Å². The van der Waals surface area contributed by atoms with Crippen molar-refractivity contribution < 1.29 is 9.32 Å². The van der Waals surface area contributed by atoms with Crippen molar-refractivity contribution in [2.75, 3.05) is 26.2 Å². The fourth-order valence-corrected chi connectivity index (χ4v) is 2.81. The van der Waals surface area contributed by atoms with Crippen LogP contribution >= 0.6 is 0 Å². The van der Waals surface area contributed by atoms with Crippen molar-refractivity contribution in [3.8, 4) is 0 Å². The smallest absolute Gasteiger partial charge is 0.243 e. The molecular weight excluding hydrogens is 310 g/mol. The van der Waals surface area contributed by atoms with Crippen LogP contribution in [0.2, 0.25) is 0 Å². The molecule has 9 nitrogen and oxygen atoms in total. The van der Waals surface area contributed by atoms with E-state index in [1.807, 2.05) is 11.8 Å². The monoisotopic (exact) mass is 333 g/mol. The lowest BCUT2D eigenvalue weighted by Gasteiger charge is -2.36. The molecule has 1 amide bonds. The molecule has 1 unspecified atom stereocenters. The molecule has 1 saturated heterocycles. The third-order valence-corrected chi connectivity index (χ3v) is 4.39. The highest BCUT2D eigenvalue weighted by atomic mass is 16.5. The maximum Gasteiger partial charge on any atom is 0.243 e. The lowest BCUT2D eigenvalue weighted by molar-refractivity contribution is -0.133. The molecule has 0 radical (unpaired) electrons. The van der Waals surface area contributed by atoms with Crippen LogP contribution < -0.4 is 0 Å². The molecule has 3 heterocycles. The predicted octanol–water partition coefficient (Wildman–Crippen LogP) is 0.519. The molecule has 0 saturated carbocycles. The number of aryl methyl sites for hydroxylation is 2. The van der Waals surface area contributed by atoms with Gasteiger partial charge in [-0.3, -0.25) is 14.4 Å². The Morgan fingerprint density at radius 3 is 2.75 bits per heavy atom. The van der Waals surface area contributed by atoms with Crippen LogP contribution in [0, 0.1) is 0 Å². The summed E-state index contributed by atoms with van der Waals surface area (Å²) >= 11 is 0. The Hall–Kier alpha value is -2.29. The largest absolute Gasteiger partial charge is 0.340 e. The second-order valence-electron chi connectivity index (χ2n) is 5.90. The molecule has 1 aliphatic heterocycles. The summed E-state index contributed by atoms with van der Waals surface area (Å²) in [5, 5.41) is 7.97. The zero-order valence-corrected chi connectivity index (χ0v) is 14.1. The zero-order valence-electron chi connectivity index (χ0n) is 14.1. The molecule has 2 aromatic heterocycles. The van der Waals surface area contributed by atoms with E-state index in [1.165, 1.54) is 6.33 Å². The number of carbonyl (C=O) groups is 1. The summed E-state index contributed by atoms with van der Waals surface area (Å²) in [5.74, 6) is 1.54. The molecule has 1 atom stereocenters. The van der Waals surface area contributed by atoms with Gasteiger partial charge in [-0.05, 0) is 6.92 Å². The highest BCUT2D eigenvalue weighted by Gasteiger charge is 2.27. The van der Waals surface area contributed by atoms with E-state index in [2.05, 4.69) is 32.0 Å². The van der Waals surface area contributed by atoms with Gasteiger partial charge in [0.2, 0.25) is 11.8 Å². The van der Waals surface area contributed by atoms with Crippen LogP contribution in [0.5, 0.6) is 0 Å². The SMILES string of the molecule is CCc1noc(C(C)N2CCN(C(=O)CCn3cncn3)CC2)n1. The molecule has 0 N–H and O–H groups in total. The van der Waals surface area contributed by atoms with Crippen LogP contribution in [0.3, 0.4) is 0 Å². The Labute approximate surface area is 140 Å². The minimum atomic E-state index is 0.0743. The average molecular weight is 333 g/mol. The van der Waals surface area contributed by atoms with E-state index in [4.69, 9.17) is 4.52 Å². The van der Waals surface area contributed by atoms with Crippen LogP contribution in [-0.4, -0.2) is 66.8 Å². The number of carbonyl (C=O) groups excluding carboxylic acids is 1. The first kappa shape index (κ1) is 16.6. The van der Waals surface area contributed by atoms with Crippen LogP contribution in [0.4, 0.5) is 0 Å². The van der Waals surface area contributed by atoms with Gasteiger partial charge in [-0.1, -0.05) is 12.1 Å². The average Bonchev–Trinajstić information content (AvgIpc) is 3.30. The number of nitrogens with zero attached hydrogens (tertiary/aromatic N) is 7. The van der Waals surface area contributed by atoms with Crippen molar-refractivity contribution in [1.82, 2.24) is 34.7 Å². The standard InChI is InChI=1S/C15H23N7O2/c1-3-13-18-15(24-19-13)12(2)20-6-8-21(9-7-20)14(23)4-5-22-11-16-10-17-22/h10-12H,3-9H2,1-2H3. The van der Waals surface area contributed by atoms with Gasteiger partial charge in [-0.2, -0.15) is 10.1 Å². The van der Waals surface area contributed by atoms with Crippen molar-refractivity contribution in [3.05, 3.63) is 24.4 Å². The molecule has 2 aromatic rings. The van der Waals surface area contributed by atoms with E-state index < -0.39 is 0 Å². The van der Waals surface area contributed by atoms with E-state index in [-0.39, 0.29) is 11.9 Å². The summed E-state index contributed by atoms with van der Waals surface area (Å²) in [7, 11) is 0.